The fourth-order valence-electron chi connectivity index (χ4n) is 3.22. The lowest BCUT2D eigenvalue weighted by atomic mass is 9.94. The van der Waals surface area contributed by atoms with Gasteiger partial charge < -0.3 is 4.57 Å². The van der Waals surface area contributed by atoms with Gasteiger partial charge in [0.25, 0.3) is 0 Å². The van der Waals surface area contributed by atoms with E-state index in [0.29, 0.717) is 6.04 Å². The third kappa shape index (κ3) is 2.10. The van der Waals surface area contributed by atoms with Crippen LogP contribution in [-0.4, -0.2) is 4.57 Å². The molecule has 0 bridgehead atoms. The van der Waals surface area contributed by atoms with Crippen LogP contribution in [0, 0.1) is 6.92 Å². The Bertz CT molecular complexity index is 504. The summed E-state index contributed by atoms with van der Waals surface area (Å²) in [6, 6.07) is 16.0. The average molecular weight is 239 g/mol. The summed E-state index contributed by atoms with van der Waals surface area (Å²) < 4.78 is 2.56. The molecule has 18 heavy (non-hydrogen) atoms. The zero-order valence-electron chi connectivity index (χ0n) is 11.1. The number of benzene rings is 1. The topological polar surface area (TPSA) is 4.93 Å². The third-order valence-corrected chi connectivity index (χ3v) is 4.13. The molecule has 0 radical (unpaired) electrons. The predicted molar refractivity (Wildman–Crippen MR) is 76.7 cm³/mol. The lowest BCUT2D eigenvalue weighted by Crippen LogP contribution is -2.14. The number of hydrogen-bond acceptors (Lipinski definition) is 0. The van der Waals surface area contributed by atoms with Crippen molar-refractivity contribution < 1.29 is 0 Å². The van der Waals surface area contributed by atoms with Crippen LogP contribution in [0.5, 0.6) is 0 Å². The van der Waals surface area contributed by atoms with Gasteiger partial charge in [-0.1, -0.05) is 49.6 Å². The molecule has 0 N–H and O–H groups in total. The van der Waals surface area contributed by atoms with Gasteiger partial charge in [0.05, 0.1) is 0 Å². The molecule has 1 aliphatic rings. The average Bonchev–Trinajstić information content (AvgIpc) is 2.83. The molecule has 1 aromatic carbocycles. The fraction of sp³-hybridized carbons (Fsp3) is 0.412. The second-order valence-electron chi connectivity index (χ2n) is 5.39. The zero-order valence-corrected chi connectivity index (χ0v) is 11.1. The van der Waals surface area contributed by atoms with Gasteiger partial charge in [0.1, 0.15) is 0 Å². The molecule has 94 valence electrons. The highest BCUT2D eigenvalue weighted by atomic mass is 15.0. The molecule has 0 saturated heterocycles. The molecule has 1 heterocycles. The Balaban J connectivity index is 2.01. The molecule has 0 atom stereocenters. The van der Waals surface area contributed by atoms with E-state index in [9.17, 15) is 0 Å². The summed E-state index contributed by atoms with van der Waals surface area (Å²) in [5, 5.41) is 0. The summed E-state index contributed by atoms with van der Waals surface area (Å²) in [5.41, 5.74) is 4.14. The van der Waals surface area contributed by atoms with Crippen molar-refractivity contribution in [3.63, 3.8) is 0 Å². The number of aryl methyl sites for hydroxylation is 1. The van der Waals surface area contributed by atoms with Crippen molar-refractivity contribution in [2.75, 3.05) is 0 Å². The van der Waals surface area contributed by atoms with E-state index >= 15 is 0 Å². The Morgan fingerprint density at radius 3 is 2.33 bits per heavy atom. The first-order chi connectivity index (χ1) is 8.86. The molecule has 1 heteroatoms. The first-order valence-electron chi connectivity index (χ1n) is 7.09. The maximum atomic E-state index is 2.56. The monoisotopic (exact) mass is 239 g/mol. The highest BCUT2D eigenvalue weighted by Gasteiger charge is 2.19. The van der Waals surface area contributed by atoms with E-state index in [1.165, 1.54) is 49.1 Å². The molecular weight excluding hydrogens is 218 g/mol. The largest absolute Gasteiger partial charge is 0.342 e. The Labute approximate surface area is 109 Å². The van der Waals surface area contributed by atoms with Crippen molar-refractivity contribution in [1.82, 2.24) is 4.57 Å². The lowest BCUT2D eigenvalue weighted by molar-refractivity contribution is 0.352. The maximum absolute atomic E-state index is 2.56. The van der Waals surface area contributed by atoms with E-state index in [1.54, 1.807) is 0 Å². The van der Waals surface area contributed by atoms with E-state index in [0.717, 1.165) is 0 Å². The van der Waals surface area contributed by atoms with Crippen LogP contribution in [0.4, 0.5) is 0 Å². The summed E-state index contributed by atoms with van der Waals surface area (Å²) >= 11 is 0. The van der Waals surface area contributed by atoms with Crippen molar-refractivity contribution in [2.24, 2.45) is 0 Å². The normalized spacial score (nSPS) is 16.9. The van der Waals surface area contributed by atoms with E-state index in [4.69, 9.17) is 0 Å². The molecule has 0 unspecified atom stereocenters. The quantitative estimate of drug-likeness (QED) is 0.697. The molecule has 0 aliphatic heterocycles. The number of rotatable bonds is 2. The van der Waals surface area contributed by atoms with Gasteiger partial charge in [0, 0.05) is 17.4 Å². The summed E-state index contributed by atoms with van der Waals surface area (Å²) in [7, 11) is 0. The molecule has 0 spiro atoms. The zero-order chi connectivity index (χ0) is 12.4. The van der Waals surface area contributed by atoms with Crippen molar-refractivity contribution in [1.29, 1.82) is 0 Å². The molecule has 2 aromatic rings. The lowest BCUT2D eigenvalue weighted by Gasteiger charge is -2.27. The summed E-state index contributed by atoms with van der Waals surface area (Å²) in [5.74, 6) is 0. The minimum Gasteiger partial charge on any atom is -0.342 e. The van der Waals surface area contributed by atoms with Gasteiger partial charge in [-0.2, -0.15) is 0 Å². The van der Waals surface area contributed by atoms with Crippen molar-refractivity contribution >= 4 is 0 Å². The summed E-state index contributed by atoms with van der Waals surface area (Å²) in [6.07, 6.45) is 6.87. The van der Waals surface area contributed by atoms with Crippen LogP contribution in [-0.2, 0) is 0 Å². The van der Waals surface area contributed by atoms with E-state index in [-0.39, 0.29) is 0 Å². The SMILES string of the molecule is Cc1ccc(-c2ccccc2)n1C1CCCCC1. The van der Waals surface area contributed by atoms with Crippen molar-refractivity contribution in [3.8, 4) is 11.3 Å². The summed E-state index contributed by atoms with van der Waals surface area (Å²) in [6.45, 7) is 2.24. The van der Waals surface area contributed by atoms with Crippen LogP contribution in [0.3, 0.4) is 0 Å². The van der Waals surface area contributed by atoms with Gasteiger partial charge >= 0.3 is 0 Å². The number of nitrogens with zero attached hydrogens (tertiary/aromatic N) is 1. The van der Waals surface area contributed by atoms with E-state index in [2.05, 4.69) is 54.0 Å². The first-order valence-corrected chi connectivity index (χ1v) is 7.09. The van der Waals surface area contributed by atoms with Gasteiger partial charge in [0.15, 0.2) is 0 Å². The Morgan fingerprint density at radius 2 is 1.61 bits per heavy atom. The molecule has 1 aliphatic carbocycles. The molecule has 0 amide bonds. The Hall–Kier alpha value is -1.50. The van der Waals surface area contributed by atoms with E-state index < -0.39 is 0 Å². The fourth-order valence-corrected chi connectivity index (χ4v) is 3.22. The molecule has 1 fully saturated rings. The van der Waals surface area contributed by atoms with Gasteiger partial charge in [-0.25, -0.2) is 0 Å². The predicted octanol–water partition coefficient (Wildman–Crippen LogP) is 4.97. The van der Waals surface area contributed by atoms with E-state index in [1.807, 2.05) is 0 Å². The molecule has 1 nitrogen and oxygen atoms in total. The van der Waals surface area contributed by atoms with Gasteiger partial charge in [-0.15, -0.1) is 0 Å². The smallest absolute Gasteiger partial charge is 0.0484 e. The second-order valence-corrected chi connectivity index (χ2v) is 5.39. The van der Waals surface area contributed by atoms with Crippen molar-refractivity contribution in [2.45, 2.75) is 45.1 Å². The second kappa shape index (κ2) is 5.01. The van der Waals surface area contributed by atoms with Crippen LogP contribution >= 0.6 is 0 Å². The highest BCUT2D eigenvalue weighted by Crippen LogP contribution is 2.34. The van der Waals surface area contributed by atoms with Gasteiger partial charge in [0.2, 0.25) is 0 Å². The van der Waals surface area contributed by atoms with Crippen LogP contribution in [0.25, 0.3) is 11.3 Å². The molecule has 1 saturated carbocycles. The molecule has 1 aromatic heterocycles. The Morgan fingerprint density at radius 1 is 0.889 bits per heavy atom. The van der Waals surface area contributed by atoms with Crippen molar-refractivity contribution in [3.05, 3.63) is 48.2 Å². The minimum atomic E-state index is 0.712. The number of hydrogen-bond donors (Lipinski definition) is 0. The maximum Gasteiger partial charge on any atom is 0.0484 e. The van der Waals surface area contributed by atoms with Crippen LogP contribution in [0.15, 0.2) is 42.5 Å². The Kier molecular flexibility index (Phi) is 3.22. The van der Waals surface area contributed by atoms with Gasteiger partial charge in [-0.3, -0.25) is 0 Å². The highest BCUT2D eigenvalue weighted by molar-refractivity contribution is 5.61. The third-order valence-electron chi connectivity index (χ3n) is 4.13. The minimum absolute atomic E-state index is 0.712. The standard InChI is InChI=1S/C17H21N/c1-14-12-13-17(15-8-4-2-5-9-15)18(14)16-10-6-3-7-11-16/h2,4-5,8-9,12-13,16H,3,6-7,10-11H2,1H3. The van der Waals surface area contributed by atoms with Crippen LogP contribution in [0.2, 0.25) is 0 Å². The molecule has 3 rings (SSSR count). The van der Waals surface area contributed by atoms with Crippen LogP contribution < -0.4 is 0 Å². The first kappa shape index (κ1) is 11.6. The number of aromatic nitrogens is 1. The molecular formula is C17H21N. The van der Waals surface area contributed by atoms with Crippen LogP contribution in [0.1, 0.15) is 43.8 Å². The summed E-state index contributed by atoms with van der Waals surface area (Å²) in [4.78, 5) is 0. The van der Waals surface area contributed by atoms with Gasteiger partial charge in [-0.05, 0) is 37.5 Å².